The van der Waals surface area contributed by atoms with Gasteiger partial charge in [0.1, 0.15) is 16.5 Å². The van der Waals surface area contributed by atoms with Crippen molar-refractivity contribution in [3.8, 4) is 10.4 Å². The molecule has 0 aliphatic rings. The van der Waals surface area contributed by atoms with Crippen molar-refractivity contribution in [2.75, 3.05) is 37.8 Å². The lowest BCUT2D eigenvalue weighted by atomic mass is 10.2. The fraction of sp³-hybridized carbons (Fsp3) is 0.250. The molecule has 0 fully saturated rings. The number of benzene rings is 1. The Balaban J connectivity index is 1.87. The fourth-order valence-electron chi connectivity index (χ4n) is 2.66. The van der Waals surface area contributed by atoms with Gasteiger partial charge in [-0.1, -0.05) is 11.6 Å². The zero-order valence-corrected chi connectivity index (χ0v) is 18.0. The smallest absolute Gasteiger partial charge is 0.345 e. The van der Waals surface area contributed by atoms with Crippen LogP contribution in [0.1, 0.15) is 16.1 Å². The first kappa shape index (κ1) is 21.9. The van der Waals surface area contributed by atoms with Crippen molar-refractivity contribution in [3.05, 3.63) is 52.2 Å². The SMILES string of the molecule is CN(C)CCCNc1nc(Nc2ccc(F)c(Cl)c2)ncc1-c1ccc(C(=O)O)s1. The first-order valence-electron chi connectivity index (χ1n) is 9.14. The molecule has 3 N–H and O–H groups in total. The number of aromatic nitrogens is 2. The van der Waals surface area contributed by atoms with Crippen LogP contribution in [0.3, 0.4) is 0 Å². The Morgan fingerprint density at radius 3 is 2.77 bits per heavy atom. The Morgan fingerprint density at radius 1 is 1.30 bits per heavy atom. The van der Waals surface area contributed by atoms with Crippen LogP contribution in [0.2, 0.25) is 5.02 Å². The number of anilines is 3. The maximum Gasteiger partial charge on any atom is 0.345 e. The number of nitrogens with zero attached hydrogens (tertiary/aromatic N) is 3. The van der Waals surface area contributed by atoms with Crippen molar-refractivity contribution >= 4 is 46.4 Å². The van der Waals surface area contributed by atoms with Crippen LogP contribution in [0.25, 0.3) is 10.4 Å². The quantitative estimate of drug-likeness (QED) is 0.404. The number of thiophene rings is 1. The number of hydrogen-bond acceptors (Lipinski definition) is 7. The van der Waals surface area contributed by atoms with Crippen molar-refractivity contribution in [1.29, 1.82) is 0 Å². The van der Waals surface area contributed by atoms with Gasteiger partial charge < -0.3 is 20.6 Å². The first-order valence-corrected chi connectivity index (χ1v) is 10.3. The number of halogens is 2. The van der Waals surface area contributed by atoms with Crippen LogP contribution in [0, 0.1) is 5.82 Å². The predicted octanol–water partition coefficient (Wildman–Crippen LogP) is 4.80. The van der Waals surface area contributed by atoms with E-state index in [0.717, 1.165) is 29.2 Å². The first-order chi connectivity index (χ1) is 14.3. The maximum absolute atomic E-state index is 13.4. The molecule has 0 saturated heterocycles. The van der Waals surface area contributed by atoms with Crippen molar-refractivity contribution in [2.24, 2.45) is 0 Å². The zero-order chi connectivity index (χ0) is 21.7. The highest BCUT2D eigenvalue weighted by atomic mass is 35.5. The summed E-state index contributed by atoms with van der Waals surface area (Å²) in [6, 6.07) is 7.56. The standard InChI is InChI=1S/C20H21ClFN5O2S/c1-27(2)9-3-8-23-18-13(16-6-7-17(30-16)19(28)29)11-24-20(26-18)25-12-4-5-15(22)14(21)10-12/h4-7,10-11H,3,8-9H2,1-2H3,(H,28,29)(H2,23,24,25,26). The van der Waals surface area contributed by atoms with Gasteiger partial charge in [0.2, 0.25) is 5.95 Å². The minimum atomic E-state index is -0.973. The molecule has 0 aliphatic heterocycles. The number of rotatable bonds is 9. The molecule has 2 heterocycles. The Morgan fingerprint density at radius 2 is 2.10 bits per heavy atom. The summed E-state index contributed by atoms with van der Waals surface area (Å²) in [5.41, 5.74) is 1.26. The number of carboxylic acid groups (broad SMARTS) is 1. The summed E-state index contributed by atoms with van der Waals surface area (Å²) in [6.07, 6.45) is 2.53. The van der Waals surface area contributed by atoms with Gasteiger partial charge in [-0.3, -0.25) is 0 Å². The third-order valence-electron chi connectivity index (χ3n) is 4.12. The van der Waals surface area contributed by atoms with Gasteiger partial charge in [0, 0.05) is 23.3 Å². The Kier molecular flexibility index (Phi) is 7.20. The van der Waals surface area contributed by atoms with E-state index >= 15 is 0 Å². The van der Waals surface area contributed by atoms with Crippen LogP contribution in [0.15, 0.2) is 36.5 Å². The van der Waals surface area contributed by atoms with Crippen LogP contribution < -0.4 is 10.6 Å². The lowest BCUT2D eigenvalue weighted by molar-refractivity contribution is 0.0702. The Hall–Kier alpha value is -2.75. The normalized spacial score (nSPS) is 11.0. The Labute approximate surface area is 182 Å². The summed E-state index contributed by atoms with van der Waals surface area (Å²) in [4.78, 5) is 23.2. The molecule has 0 aliphatic carbocycles. The average molecular weight is 450 g/mol. The fourth-order valence-corrected chi connectivity index (χ4v) is 3.70. The number of nitrogens with one attached hydrogen (secondary N) is 2. The minimum Gasteiger partial charge on any atom is -0.477 e. The van der Waals surface area contributed by atoms with Crippen molar-refractivity contribution in [3.63, 3.8) is 0 Å². The average Bonchev–Trinajstić information content (AvgIpc) is 3.18. The molecular weight excluding hydrogens is 429 g/mol. The molecule has 0 atom stereocenters. The van der Waals surface area contributed by atoms with Gasteiger partial charge in [-0.25, -0.2) is 14.2 Å². The molecule has 3 rings (SSSR count). The summed E-state index contributed by atoms with van der Waals surface area (Å²) in [5, 5.41) is 15.5. The van der Waals surface area contributed by atoms with Crippen LogP contribution in [-0.4, -0.2) is 53.1 Å². The van der Waals surface area contributed by atoms with E-state index in [1.165, 1.54) is 12.1 Å². The second-order valence-corrected chi connectivity index (χ2v) is 8.25. The van der Waals surface area contributed by atoms with E-state index in [2.05, 4.69) is 25.5 Å². The van der Waals surface area contributed by atoms with E-state index in [1.54, 1.807) is 24.4 Å². The van der Waals surface area contributed by atoms with Gasteiger partial charge in [0.15, 0.2) is 0 Å². The van der Waals surface area contributed by atoms with Crippen molar-refractivity contribution in [1.82, 2.24) is 14.9 Å². The molecule has 0 radical (unpaired) electrons. The molecule has 1 aromatic carbocycles. The molecule has 3 aromatic rings. The summed E-state index contributed by atoms with van der Waals surface area (Å²) >= 11 is 6.99. The lowest BCUT2D eigenvalue weighted by Gasteiger charge is -2.14. The number of carboxylic acids is 1. The van der Waals surface area contributed by atoms with Crippen LogP contribution in [0.5, 0.6) is 0 Å². The second kappa shape index (κ2) is 9.84. The van der Waals surface area contributed by atoms with E-state index in [-0.39, 0.29) is 9.90 Å². The maximum atomic E-state index is 13.4. The van der Waals surface area contributed by atoms with Gasteiger partial charge in [-0.15, -0.1) is 11.3 Å². The predicted molar refractivity (Wildman–Crippen MR) is 119 cm³/mol. The number of carbonyl (C=O) groups is 1. The van der Waals surface area contributed by atoms with Crippen LogP contribution in [0.4, 0.5) is 21.8 Å². The Bertz CT molecular complexity index is 1040. The molecule has 0 amide bonds. The molecule has 2 aromatic heterocycles. The van der Waals surface area contributed by atoms with E-state index in [0.29, 0.717) is 29.6 Å². The lowest BCUT2D eigenvalue weighted by Crippen LogP contribution is -2.17. The minimum absolute atomic E-state index is 0.00144. The largest absolute Gasteiger partial charge is 0.477 e. The van der Waals surface area contributed by atoms with Gasteiger partial charge in [-0.05, 0) is 57.4 Å². The van der Waals surface area contributed by atoms with E-state index in [1.807, 2.05) is 14.1 Å². The molecular formula is C20H21ClFN5O2S. The highest BCUT2D eigenvalue weighted by Crippen LogP contribution is 2.33. The van der Waals surface area contributed by atoms with E-state index in [9.17, 15) is 14.3 Å². The topological polar surface area (TPSA) is 90.4 Å². The van der Waals surface area contributed by atoms with Crippen LogP contribution >= 0.6 is 22.9 Å². The van der Waals surface area contributed by atoms with E-state index in [4.69, 9.17) is 11.6 Å². The van der Waals surface area contributed by atoms with Gasteiger partial charge in [-0.2, -0.15) is 4.98 Å². The van der Waals surface area contributed by atoms with Gasteiger partial charge >= 0.3 is 5.97 Å². The van der Waals surface area contributed by atoms with Gasteiger partial charge in [0.05, 0.1) is 10.6 Å². The third-order valence-corrected chi connectivity index (χ3v) is 5.52. The summed E-state index contributed by atoms with van der Waals surface area (Å²) in [6.45, 7) is 1.59. The number of aromatic carboxylic acids is 1. The van der Waals surface area contributed by atoms with E-state index < -0.39 is 11.8 Å². The summed E-state index contributed by atoms with van der Waals surface area (Å²) in [7, 11) is 4.01. The van der Waals surface area contributed by atoms with Crippen molar-refractivity contribution < 1.29 is 14.3 Å². The molecule has 0 spiro atoms. The molecule has 0 saturated carbocycles. The molecule has 30 heavy (non-hydrogen) atoms. The molecule has 0 unspecified atom stereocenters. The molecule has 7 nitrogen and oxygen atoms in total. The molecule has 0 bridgehead atoms. The molecule has 10 heteroatoms. The zero-order valence-electron chi connectivity index (χ0n) is 16.4. The summed E-state index contributed by atoms with van der Waals surface area (Å²) < 4.78 is 13.4. The monoisotopic (exact) mass is 449 g/mol. The second-order valence-electron chi connectivity index (χ2n) is 6.76. The van der Waals surface area contributed by atoms with Crippen LogP contribution in [-0.2, 0) is 0 Å². The molecule has 158 valence electrons. The third kappa shape index (κ3) is 5.65. The van der Waals surface area contributed by atoms with Crippen molar-refractivity contribution in [2.45, 2.75) is 6.42 Å². The number of hydrogen-bond donors (Lipinski definition) is 3. The highest BCUT2D eigenvalue weighted by Gasteiger charge is 2.14. The highest BCUT2D eigenvalue weighted by molar-refractivity contribution is 7.17. The van der Waals surface area contributed by atoms with Gasteiger partial charge in [0.25, 0.3) is 0 Å². The summed E-state index contributed by atoms with van der Waals surface area (Å²) in [5.74, 6) is -0.586.